The van der Waals surface area contributed by atoms with Gasteiger partial charge in [-0.25, -0.2) is 9.97 Å². The van der Waals surface area contributed by atoms with Crippen LogP contribution in [0.15, 0.2) is 42.9 Å². The average molecular weight is 337 g/mol. The van der Waals surface area contributed by atoms with Gasteiger partial charge in [0.15, 0.2) is 0 Å². The van der Waals surface area contributed by atoms with Gasteiger partial charge in [0.2, 0.25) is 5.95 Å². The normalized spacial score (nSPS) is 12.1. The molecule has 6 nitrogen and oxygen atoms in total. The van der Waals surface area contributed by atoms with Crippen LogP contribution in [0.1, 0.15) is 36.2 Å². The molecule has 6 heteroatoms. The van der Waals surface area contributed by atoms with Crippen molar-refractivity contribution >= 4 is 22.8 Å². The van der Waals surface area contributed by atoms with Gasteiger partial charge in [0.05, 0.1) is 5.56 Å². The molecule has 25 heavy (non-hydrogen) atoms. The van der Waals surface area contributed by atoms with Crippen molar-refractivity contribution in [2.45, 2.75) is 32.7 Å². The number of carbonyl (C=O) groups is 1. The molecule has 3 N–H and O–H groups in total. The van der Waals surface area contributed by atoms with E-state index in [0.717, 1.165) is 18.4 Å². The molecule has 3 aromatic rings. The average Bonchev–Trinajstić information content (AvgIpc) is 3.05. The van der Waals surface area contributed by atoms with Crippen LogP contribution < -0.4 is 10.6 Å². The van der Waals surface area contributed by atoms with Crippen molar-refractivity contribution in [3.05, 3.63) is 54.0 Å². The second kappa shape index (κ2) is 7.79. The molecule has 2 aromatic heterocycles. The first-order chi connectivity index (χ1) is 12.2. The minimum Gasteiger partial charge on any atom is -0.361 e. The van der Waals surface area contributed by atoms with Crippen molar-refractivity contribution in [3.63, 3.8) is 0 Å². The van der Waals surface area contributed by atoms with E-state index in [2.05, 4.69) is 45.5 Å². The Balaban J connectivity index is 1.54. The van der Waals surface area contributed by atoms with Gasteiger partial charge in [-0.3, -0.25) is 4.79 Å². The van der Waals surface area contributed by atoms with E-state index >= 15 is 0 Å². The fraction of sp³-hybridized carbons (Fsp3) is 0.316. The number of H-pyrrole nitrogens is 1. The summed E-state index contributed by atoms with van der Waals surface area (Å²) in [6.45, 7) is 4.72. The number of carbonyl (C=O) groups excluding carboxylic acids is 1. The summed E-state index contributed by atoms with van der Waals surface area (Å²) in [7, 11) is 0. The number of aromatic amines is 1. The summed E-state index contributed by atoms with van der Waals surface area (Å²) in [5.41, 5.74) is 2.77. The maximum atomic E-state index is 12.2. The Hall–Kier alpha value is -2.89. The molecule has 0 bridgehead atoms. The van der Waals surface area contributed by atoms with Crippen molar-refractivity contribution < 1.29 is 4.79 Å². The summed E-state index contributed by atoms with van der Waals surface area (Å²) in [6.07, 6.45) is 6.86. The third-order valence-corrected chi connectivity index (χ3v) is 4.26. The van der Waals surface area contributed by atoms with Crippen molar-refractivity contribution in [3.8, 4) is 0 Å². The van der Waals surface area contributed by atoms with Gasteiger partial charge in [-0.1, -0.05) is 25.1 Å². The van der Waals surface area contributed by atoms with Crippen LogP contribution >= 0.6 is 0 Å². The number of fused-ring (bicyclic) bond motifs is 1. The second-order valence-corrected chi connectivity index (χ2v) is 6.11. The molecule has 1 unspecified atom stereocenters. The smallest absolute Gasteiger partial charge is 0.254 e. The van der Waals surface area contributed by atoms with Crippen molar-refractivity contribution in [1.29, 1.82) is 0 Å². The van der Waals surface area contributed by atoms with Gasteiger partial charge in [0.1, 0.15) is 0 Å². The number of amides is 1. The zero-order valence-corrected chi connectivity index (χ0v) is 14.5. The zero-order chi connectivity index (χ0) is 17.6. The van der Waals surface area contributed by atoms with Crippen LogP contribution in [0.3, 0.4) is 0 Å². The Morgan fingerprint density at radius 3 is 2.76 bits per heavy atom. The highest BCUT2D eigenvalue weighted by molar-refractivity contribution is 5.93. The number of para-hydroxylation sites is 1. The van der Waals surface area contributed by atoms with Crippen LogP contribution in [0.2, 0.25) is 0 Å². The summed E-state index contributed by atoms with van der Waals surface area (Å²) in [6, 6.07) is 8.45. The van der Waals surface area contributed by atoms with Gasteiger partial charge in [-0.05, 0) is 31.4 Å². The molecule has 3 rings (SSSR count). The lowest BCUT2D eigenvalue weighted by atomic mass is 10.1. The molecule has 1 aromatic carbocycles. The minimum atomic E-state index is -0.157. The summed E-state index contributed by atoms with van der Waals surface area (Å²) in [5.74, 6) is 0.389. The predicted octanol–water partition coefficient (Wildman–Crippen LogP) is 3.14. The summed E-state index contributed by atoms with van der Waals surface area (Å²) in [4.78, 5) is 23.8. The lowest BCUT2D eigenvalue weighted by Gasteiger charge is -2.11. The van der Waals surface area contributed by atoms with Gasteiger partial charge in [-0.2, -0.15) is 0 Å². The molecule has 0 saturated carbocycles. The van der Waals surface area contributed by atoms with E-state index in [1.807, 2.05) is 24.4 Å². The molecule has 0 radical (unpaired) electrons. The molecular weight excluding hydrogens is 314 g/mol. The fourth-order valence-electron chi connectivity index (χ4n) is 2.59. The molecule has 130 valence electrons. The lowest BCUT2D eigenvalue weighted by Crippen LogP contribution is -2.26. The number of anilines is 1. The van der Waals surface area contributed by atoms with Gasteiger partial charge >= 0.3 is 0 Å². The van der Waals surface area contributed by atoms with E-state index in [-0.39, 0.29) is 5.91 Å². The Morgan fingerprint density at radius 1 is 1.24 bits per heavy atom. The molecule has 0 spiro atoms. The highest BCUT2D eigenvalue weighted by Gasteiger charge is 2.09. The Kier molecular flexibility index (Phi) is 5.28. The van der Waals surface area contributed by atoms with Crippen LogP contribution in [-0.2, 0) is 6.42 Å². The molecule has 2 heterocycles. The van der Waals surface area contributed by atoms with Crippen molar-refractivity contribution in [2.75, 3.05) is 11.9 Å². The lowest BCUT2D eigenvalue weighted by molar-refractivity contribution is 0.0953. The van der Waals surface area contributed by atoms with Crippen molar-refractivity contribution in [2.24, 2.45) is 0 Å². The van der Waals surface area contributed by atoms with Crippen LogP contribution in [0.4, 0.5) is 5.95 Å². The molecule has 1 atom stereocenters. The Bertz CT molecular complexity index is 840. The molecule has 1 amide bonds. The van der Waals surface area contributed by atoms with E-state index in [9.17, 15) is 4.79 Å². The van der Waals surface area contributed by atoms with E-state index in [4.69, 9.17) is 0 Å². The molecule has 0 fully saturated rings. The molecule has 0 aliphatic heterocycles. The number of benzene rings is 1. The SMILES string of the molecule is CCC(C)Nc1ncc(C(=O)NCCc2c[nH]c3ccccc23)cn1. The standard InChI is InChI=1S/C19H23N5O/c1-3-13(2)24-19-22-11-15(12-23-19)18(25)20-9-8-14-10-21-17-7-5-4-6-16(14)17/h4-7,10-13,21H,3,8-9H2,1-2H3,(H,20,25)(H,22,23,24). The maximum absolute atomic E-state index is 12.2. The predicted molar refractivity (Wildman–Crippen MR) is 99.7 cm³/mol. The number of rotatable bonds is 7. The number of aromatic nitrogens is 3. The first-order valence-electron chi connectivity index (χ1n) is 8.59. The van der Waals surface area contributed by atoms with E-state index < -0.39 is 0 Å². The molecule has 0 saturated heterocycles. The summed E-state index contributed by atoms with van der Waals surface area (Å²) >= 11 is 0. The van der Waals surface area contributed by atoms with Gasteiger partial charge in [-0.15, -0.1) is 0 Å². The zero-order valence-electron chi connectivity index (χ0n) is 14.5. The van der Waals surface area contributed by atoms with E-state index in [1.165, 1.54) is 10.9 Å². The first kappa shape index (κ1) is 17.0. The van der Waals surface area contributed by atoms with Crippen LogP contribution in [0, 0.1) is 0 Å². The molecule has 0 aliphatic rings. The minimum absolute atomic E-state index is 0.157. The van der Waals surface area contributed by atoms with Crippen LogP contribution in [-0.4, -0.2) is 33.4 Å². The number of hydrogen-bond donors (Lipinski definition) is 3. The first-order valence-corrected chi connectivity index (χ1v) is 8.59. The van der Waals surface area contributed by atoms with Gasteiger partial charge in [0, 0.05) is 42.1 Å². The highest BCUT2D eigenvalue weighted by Crippen LogP contribution is 2.17. The number of nitrogens with one attached hydrogen (secondary N) is 3. The fourth-order valence-corrected chi connectivity index (χ4v) is 2.59. The van der Waals surface area contributed by atoms with Crippen LogP contribution in [0.25, 0.3) is 10.9 Å². The quantitative estimate of drug-likeness (QED) is 0.618. The third kappa shape index (κ3) is 4.15. The summed E-state index contributed by atoms with van der Waals surface area (Å²) < 4.78 is 0. The number of nitrogens with zero attached hydrogens (tertiary/aromatic N) is 2. The van der Waals surface area contributed by atoms with Gasteiger partial charge in [0.25, 0.3) is 5.91 Å². The Morgan fingerprint density at radius 2 is 2.00 bits per heavy atom. The second-order valence-electron chi connectivity index (χ2n) is 6.11. The summed E-state index contributed by atoms with van der Waals surface area (Å²) in [5, 5.41) is 7.29. The molecule has 0 aliphatic carbocycles. The van der Waals surface area contributed by atoms with E-state index in [1.54, 1.807) is 12.4 Å². The Labute approximate surface area is 147 Å². The van der Waals surface area contributed by atoms with Crippen LogP contribution in [0.5, 0.6) is 0 Å². The largest absolute Gasteiger partial charge is 0.361 e. The highest BCUT2D eigenvalue weighted by atomic mass is 16.1. The third-order valence-electron chi connectivity index (χ3n) is 4.26. The maximum Gasteiger partial charge on any atom is 0.254 e. The molecular formula is C19H23N5O. The van der Waals surface area contributed by atoms with Gasteiger partial charge < -0.3 is 15.6 Å². The monoisotopic (exact) mass is 337 g/mol. The number of hydrogen-bond acceptors (Lipinski definition) is 4. The van der Waals surface area contributed by atoms with Crippen molar-refractivity contribution in [1.82, 2.24) is 20.3 Å². The van der Waals surface area contributed by atoms with E-state index in [0.29, 0.717) is 24.1 Å². The topological polar surface area (TPSA) is 82.7 Å².